The molecule has 2 atom stereocenters. The Morgan fingerprint density at radius 3 is 2.40 bits per heavy atom. The number of nitrogens with one attached hydrogen (secondary N) is 2. The summed E-state index contributed by atoms with van der Waals surface area (Å²) in [6, 6.07) is 24.4. The Bertz CT molecular complexity index is 1580. The van der Waals surface area contributed by atoms with Crippen LogP contribution in [0.3, 0.4) is 0 Å². The van der Waals surface area contributed by atoms with Crippen molar-refractivity contribution in [1.82, 2.24) is 14.9 Å². The van der Waals surface area contributed by atoms with Crippen molar-refractivity contribution in [2.45, 2.75) is 25.9 Å². The number of thiocarbonyl (C=S) groups is 1. The molecule has 0 radical (unpaired) electrons. The van der Waals surface area contributed by atoms with Gasteiger partial charge < -0.3 is 34.5 Å². The number of rotatable bonds is 8. The Hall–Kier alpha value is -4.25. The van der Waals surface area contributed by atoms with E-state index in [1.165, 1.54) is 12.8 Å². The van der Waals surface area contributed by atoms with Gasteiger partial charge in [-0.2, -0.15) is 0 Å². The van der Waals surface area contributed by atoms with E-state index < -0.39 is 0 Å². The van der Waals surface area contributed by atoms with Gasteiger partial charge in [0.05, 0.1) is 31.0 Å². The van der Waals surface area contributed by atoms with E-state index in [1.807, 2.05) is 48.7 Å². The van der Waals surface area contributed by atoms with E-state index in [0.29, 0.717) is 10.8 Å². The van der Waals surface area contributed by atoms with Crippen molar-refractivity contribution in [2.24, 2.45) is 0 Å². The number of hydrogen-bond acceptors (Lipinski definition) is 6. The highest BCUT2D eigenvalue weighted by molar-refractivity contribution is 7.80. The van der Waals surface area contributed by atoms with Gasteiger partial charge in [-0.25, -0.2) is 0 Å². The molecular weight excluding hydrogens is 560 g/mol. The maximum Gasteiger partial charge on any atom is 0.250 e. The molecule has 43 heavy (non-hydrogen) atoms. The first kappa shape index (κ1) is 28.9. The summed E-state index contributed by atoms with van der Waals surface area (Å²) in [5.74, 6) is -0.202. The second-order valence-corrected chi connectivity index (χ2v) is 11.2. The number of hydrogen-bond donors (Lipinski definition) is 2. The van der Waals surface area contributed by atoms with Crippen molar-refractivity contribution in [2.75, 3.05) is 55.1 Å². The molecule has 2 N–H and O–H groups in total. The molecular formula is C33H36N6O3S. The zero-order chi connectivity index (χ0) is 29.9. The van der Waals surface area contributed by atoms with Crippen LogP contribution in [0.1, 0.15) is 34.7 Å². The fourth-order valence-electron chi connectivity index (χ4n) is 6.10. The van der Waals surface area contributed by atoms with Crippen LogP contribution in [0.4, 0.5) is 17.1 Å². The predicted octanol–water partition coefficient (Wildman–Crippen LogP) is 5.09. The van der Waals surface area contributed by atoms with Crippen LogP contribution < -0.4 is 20.4 Å². The Morgan fingerprint density at radius 1 is 1.02 bits per heavy atom. The topological polar surface area (TPSA) is 83.9 Å². The van der Waals surface area contributed by atoms with Crippen molar-refractivity contribution >= 4 is 40.3 Å². The van der Waals surface area contributed by atoms with E-state index >= 15 is 0 Å². The number of nitrogens with zero attached hydrogens (tertiary/aromatic N) is 4. The van der Waals surface area contributed by atoms with Gasteiger partial charge in [-0.3, -0.25) is 9.78 Å². The lowest BCUT2D eigenvalue weighted by atomic mass is 9.96. The molecule has 0 spiro atoms. The summed E-state index contributed by atoms with van der Waals surface area (Å²) >= 11 is 5.95. The first-order valence-electron chi connectivity index (χ1n) is 14.5. The number of morpholine rings is 1. The van der Waals surface area contributed by atoms with Crippen molar-refractivity contribution in [3.63, 3.8) is 0 Å². The molecule has 2 aliphatic rings. The van der Waals surface area contributed by atoms with E-state index in [1.54, 1.807) is 0 Å². The Morgan fingerprint density at radius 2 is 1.72 bits per heavy atom. The van der Waals surface area contributed by atoms with Crippen LogP contribution in [-0.2, 0) is 14.3 Å². The molecule has 4 heterocycles. The Kier molecular flexibility index (Phi) is 8.42. The third kappa shape index (κ3) is 5.86. The van der Waals surface area contributed by atoms with E-state index in [0.717, 1.165) is 60.3 Å². The number of benzene rings is 2. The normalized spacial score (nSPS) is 18.5. The second kappa shape index (κ2) is 12.5. The van der Waals surface area contributed by atoms with Gasteiger partial charge in [0.15, 0.2) is 5.11 Å². The minimum atomic E-state index is -0.202. The highest BCUT2D eigenvalue weighted by atomic mass is 32.1. The maximum absolute atomic E-state index is 12.0. The highest BCUT2D eigenvalue weighted by Gasteiger charge is 2.42. The van der Waals surface area contributed by atoms with Crippen LogP contribution in [0, 0.1) is 13.8 Å². The van der Waals surface area contributed by atoms with Gasteiger partial charge in [0.2, 0.25) is 5.91 Å². The molecule has 2 fully saturated rings. The molecule has 1 amide bonds. The fourth-order valence-corrected chi connectivity index (χ4v) is 6.45. The molecule has 2 aromatic carbocycles. The standard InChI is InChI=1S/C33H36N6O3S/c1-22-20-28(23(2)38(22)26-13-11-25(12-14-26)37-16-18-42-19-17-37)32-31(29-6-4-5-15-34-29)36-33(43)39(32)27-9-7-24(8-10-27)35-30(40)21-41-3/h4-15,20,31-32H,16-19,21H2,1-3H3,(H,35,40)(H,36,43)/t31-,32+/m1/s1. The van der Waals surface area contributed by atoms with Gasteiger partial charge in [-0.05, 0) is 98.4 Å². The average Bonchev–Trinajstić information content (AvgIpc) is 3.53. The molecule has 2 aliphatic heterocycles. The van der Waals surface area contributed by atoms with Gasteiger partial charge in [0, 0.05) is 60.5 Å². The first-order valence-corrected chi connectivity index (χ1v) is 14.9. The Balaban J connectivity index is 1.36. The SMILES string of the molecule is COCC(=O)Nc1ccc(N2C(=S)N[C@H](c3ccccn3)[C@@H]2c2cc(C)n(-c3ccc(N4CCOCC4)cc3)c2C)cc1. The van der Waals surface area contributed by atoms with Crippen LogP contribution in [0.2, 0.25) is 0 Å². The lowest BCUT2D eigenvalue weighted by Gasteiger charge is -2.29. The molecule has 9 nitrogen and oxygen atoms in total. The molecule has 0 bridgehead atoms. The summed E-state index contributed by atoms with van der Waals surface area (Å²) < 4.78 is 12.8. The molecule has 2 saturated heterocycles. The number of amides is 1. The average molecular weight is 597 g/mol. The second-order valence-electron chi connectivity index (χ2n) is 10.8. The number of carbonyl (C=O) groups is 1. The number of carbonyl (C=O) groups excluding carboxylic acids is 1. The molecule has 10 heteroatoms. The van der Waals surface area contributed by atoms with Gasteiger partial charge >= 0.3 is 0 Å². The molecule has 2 aromatic heterocycles. The van der Waals surface area contributed by atoms with E-state index in [4.69, 9.17) is 26.7 Å². The zero-order valence-corrected chi connectivity index (χ0v) is 25.4. The molecule has 0 unspecified atom stereocenters. The zero-order valence-electron chi connectivity index (χ0n) is 24.6. The van der Waals surface area contributed by atoms with E-state index in [2.05, 4.69) is 69.2 Å². The Labute approximate surface area is 257 Å². The van der Waals surface area contributed by atoms with Gasteiger partial charge in [0.25, 0.3) is 0 Å². The van der Waals surface area contributed by atoms with Crippen molar-refractivity contribution in [1.29, 1.82) is 0 Å². The molecule has 4 aromatic rings. The van der Waals surface area contributed by atoms with Crippen molar-refractivity contribution < 1.29 is 14.3 Å². The van der Waals surface area contributed by atoms with Crippen LogP contribution in [0.5, 0.6) is 0 Å². The number of aromatic nitrogens is 2. The van der Waals surface area contributed by atoms with Crippen molar-refractivity contribution in [3.05, 3.63) is 102 Å². The minimum Gasteiger partial charge on any atom is -0.378 e. The molecule has 0 aliphatic carbocycles. The molecule has 222 valence electrons. The van der Waals surface area contributed by atoms with Gasteiger partial charge in [-0.15, -0.1) is 0 Å². The fraction of sp³-hybridized carbons (Fsp3) is 0.303. The largest absolute Gasteiger partial charge is 0.378 e. The number of pyridine rings is 1. The van der Waals surface area contributed by atoms with Crippen LogP contribution in [-0.4, -0.2) is 60.6 Å². The lowest BCUT2D eigenvalue weighted by molar-refractivity contribution is -0.119. The molecule has 0 saturated carbocycles. The van der Waals surface area contributed by atoms with Crippen molar-refractivity contribution in [3.8, 4) is 5.69 Å². The van der Waals surface area contributed by atoms with Gasteiger partial charge in [0.1, 0.15) is 6.61 Å². The summed E-state index contributed by atoms with van der Waals surface area (Å²) in [6.45, 7) is 7.65. The van der Waals surface area contributed by atoms with E-state index in [-0.39, 0.29) is 24.6 Å². The van der Waals surface area contributed by atoms with E-state index in [9.17, 15) is 4.79 Å². The predicted molar refractivity (Wildman–Crippen MR) is 173 cm³/mol. The number of aryl methyl sites for hydroxylation is 1. The van der Waals surface area contributed by atoms with Crippen LogP contribution in [0.25, 0.3) is 5.69 Å². The summed E-state index contributed by atoms with van der Waals surface area (Å²) in [7, 11) is 1.50. The van der Waals surface area contributed by atoms with Crippen LogP contribution >= 0.6 is 12.2 Å². The number of methoxy groups -OCH3 is 1. The summed E-state index contributed by atoms with van der Waals surface area (Å²) in [6.07, 6.45) is 1.82. The quantitative estimate of drug-likeness (QED) is 0.272. The summed E-state index contributed by atoms with van der Waals surface area (Å²) in [5, 5.41) is 7.03. The van der Waals surface area contributed by atoms with Gasteiger partial charge in [-0.1, -0.05) is 6.07 Å². The maximum atomic E-state index is 12.0. The first-order chi connectivity index (χ1) is 20.9. The number of ether oxygens (including phenoxy) is 2. The highest BCUT2D eigenvalue weighted by Crippen LogP contribution is 2.44. The smallest absolute Gasteiger partial charge is 0.250 e. The monoisotopic (exact) mass is 596 g/mol. The number of anilines is 3. The summed E-state index contributed by atoms with van der Waals surface area (Å²) in [4.78, 5) is 21.3. The molecule has 6 rings (SSSR count). The third-order valence-electron chi connectivity index (χ3n) is 8.08. The minimum absolute atomic E-state index is 0.00126. The lowest BCUT2D eigenvalue weighted by Crippen LogP contribution is -2.36. The van der Waals surface area contributed by atoms with Crippen LogP contribution in [0.15, 0.2) is 79.0 Å². The summed E-state index contributed by atoms with van der Waals surface area (Å²) in [5.41, 5.74) is 8.30. The third-order valence-corrected chi connectivity index (χ3v) is 8.39.